The topological polar surface area (TPSA) is 91.4 Å². The zero-order valence-corrected chi connectivity index (χ0v) is 15.2. The van der Waals surface area contributed by atoms with Gasteiger partial charge in [-0.25, -0.2) is 4.39 Å². The normalized spacial score (nSPS) is 16.1. The second kappa shape index (κ2) is 9.07. The molecule has 146 valence electrons. The molecule has 0 radical (unpaired) electrons. The molecule has 1 aromatic carbocycles. The van der Waals surface area contributed by atoms with Crippen molar-refractivity contribution in [3.8, 4) is 0 Å². The Bertz CT molecular complexity index is 842. The number of anilines is 1. The molecule has 8 heteroatoms. The molecule has 3 rings (SSSR count). The molecule has 7 nitrogen and oxygen atoms in total. The van der Waals surface area contributed by atoms with E-state index in [1.54, 1.807) is 12.3 Å². The van der Waals surface area contributed by atoms with E-state index in [0.717, 1.165) is 5.69 Å². The van der Waals surface area contributed by atoms with Gasteiger partial charge in [0, 0.05) is 37.8 Å². The fourth-order valence-electron chi connectivity index (χ4n) is 2.98. The van der Waals surface area contributed by atoms with Gasteiger partial charge in [0.25, 0.3) is 0 Å². The van der Waals surface area contributed by atoms with Gasteiger partial charge in [0.05, 0.1) is 18.2 Å². The highest BCUT2D eigenvalue weighted by atomic mass is 19.1. The average Bonchev–Trinajstić information content (AvgIpc) is 3.09. The molecule has 0 unspecified atom stereocenters. The first-order valence-electron chi connectivity index (χ1n) is 9.03. The molecule has 1 aliphatic rings. The number of nitrogens with zero attached hydrogens (tertiary/aromatic N) is 2. The summed E-state index contributed by atoms with van der Waals surface area (Å²) in [4.78, 5) is 41.9. The van der Waals surface area contributed by atoms with Crippen LogP contribution in [-0.4, -0.2) is 35.8 Å². The van der Waals surface area contributed by atoms with Gasteiger partial charge in [-0.1, -0.05) is 6.07 Å². The van der Waals surface area contributed by atoms with E-state index in [0.29, 0.717) is 12.2 Å². The Morgan fingerprint density at radius 2 is 1.93 bits per heavy atom. The zero-order chi connectivity index (χ0) is 19.9. The second-order valence-corrected chi connectivity index (χ2v) is 6.52. The number of hydrogen-bond donors (Lipinski definition) is 2. The number of carbonyl (C=O) groups is 3. The number of carbonyl (C=O) groups excluding carboxylic acids is 3. The van der Waals surface area contributed by atoms with Crippen molar-refractivity contribution in [2.75, 3.05) is 18.0 Å². The lowest BCUT2D eigenvalue weighted by Gasteiger charge is -2.16. The van der Waals surface area contributed by atoms with Crippen molar-refractivity contribution in [1.29, 1.82) is 0 Å². The molecule has 1 fully saturated rings. The molecule has 2 N–H and O–H groups in total. The third-order valence-corrected chi connectivity index (χ3v) is 4.48. The van der Waals surface area contributed by atoms with E-state index in [4.69, 9.17) is 0 Å². The van der Waals surface area contributed by atoms with Crippen LogP contribution in [0.3, 0.4) is 0 Å². The minimum atomic E-state index is -0.492. The van der Waals surface area contributed by atoms with Crippen LogP contribution < -0.4 is 15.5 Å². The summed E-state index contributed by atoms with van der Waals surface area (Å²) in [5, 5.41) is 5.44. The smallest absolute Gasteiger partial charge is 0.227 e. The molecular formula is C20H21FN4O3. The number of nitrogens with one attached hydrogen (secondary N) is 2. The van der Waals surface area contributed by atoms with E-state index in [2.05, 4.69) is 15.6 Å². The van der Waals surface area contributed by atoms with Gasteiger partial charge in [-0.2, -0.15) is 0 Å². The highest BCUT2D eigenvalue weighted by Crippen LogP contribution is 2.25. The molecular weight excluding hydrogens is 363 g/mol. The Balaban J connectivity index is 1.41. The molecule has 2 heterocycles. The van der Waals surface area contributed by atoms with Gasteiger partial charge in [-0.15, -0.1) is 0 Å². The predicted molar refractivity (Wildman–Crippen MR) is 101 cm³/mol. The van der Waals surface area contributed by atoms with Crippen molar-refractivity contribution in [2.24, 2.45) is 5.92 Å². The summed E-state index contributed by atoms with van der Waals surface area (Å²) in [6, 6.07) is 11.0. The maximum absolute atomic E-state index is 13.0. The highest BCUT2D eigenvalue weighted by molar-refractivity contribution is 6.00. The number of benzene rings is 1. The molecule has 2 aromatic rings. The molecule has 1 aliphatic heterocycles. The maximum atomic E-state index is 13.0. The molecule has 0 spiro atoms. The van der Waals surface area contributed by atoms with Crippen molar-refractivity contribution in [1.82, 2.24) is 15.6 Å². The monoisotopic (exact) mass is 384 g/mol. The molecule has 1 saturated heterocycles. The first kappa shape index (κ1) is 19.5. The summed E-state index contributed by atoms with van der Waals surface area (Å²) in [6.07, 6.45) is 1.88. The van der Waals surface area contributed by atoms with Crippen LogP contribution in [-0.2, 0) is 20.9 Å². The van der Waals surface area contributed by atoms with E-state index >= 15 is 0 Å². The quantitative estimate of drug-likeness (QED) is 0.755. The van der Waals surface area contributed by atoms with E-state index < -0.39 is 5.92 Å². The van der Waals surface area contributed by atoms with Crippen LogP contribution in [0.1, 0.15) is 18.5 Å². The van der Waals surface area contributed by atoms with Gasteiger partial charge in [0.2, 0.25) is 17.7 Å². The molecule has 0 aliphatic carbocycles. The summed E-state index contributed by atoms with van der Waals surface area (Å²) in [5.41, 5.74) is 1.32. The van der Waals surface area contributed by atoms with Crippen molar-refractivity contribution in [3.63, 3.8) is 0 Å². The fourth-order valence-corrected chi connectivity index (χ4v) is 2.98. The van der Waals surface area contributed by atoms with Crippen LogP contribution in [0.15, 0.2) is 48.7 Å². The van der Waals surface area contributed by atoms with Gasteiger partial charge in [-0.05, 0) is 36.4 Å². The minimum absolute atomic E-state index is 0.0923. The standard InChI is InChI=1S/C20H21FN4O3/c21-15-4-6-17(7-5-15)25-13-14(11-19(25)27)20(28)23-10-8-18(26)24-12-16-3-1-2-9-22-16/h1-7,9,14H,8,10-13H2,(H,23,28)(H,24,26)/t14-/m0/s1. The molecule has 28 heavy (non-hydrogen) atoms. The van der Waals surface area contributed by atoms with Crippen molar-refractivity contribution >= 4 is 23.4 Å². The third-order valence-electron chi connectivity index (χ3n) is 4.48. The van der Waals surface area contributed by atoms with Crippen LogP contribution >= 0.6 is 0 Å². The van der Waals surface area contributed by atoms with Crippen LogP contribution in [0.4, 0.5) is 10.1 Å². The van der Waals surface area contributed by atoms with Crippen LogP contribution in [0.5, 0.6) is 0 Å². The number of rotatable bonds is 7. The van der Waals surface area contributed by atoms with Crippen LogP contribution in [0.2, 0.25) is 0 Å². The number of aromatic nitrogens is 1. The van der Waals surface area contributed by atoms with Crippen molar-refractivity contribution < 1.29 is 18.8 Å². The van der Waals surface area contributed by atoms with E-state index in [-0.39, 0.29) is 49.5 Å². The number of halogens is 1. The third kappa shape index (κ3) is 5.12. The van der Waals surface area contributed by atoms with Crippen molar-refractivity contribution in [2.45, 2.75) is 19.4 Å². The number of hydrogen-bond acceptors (Lipinski definition) is 4. The van der Waals surface area contributed by atoms with Crippen LogP contribution in [0, 0.1) is 11.7 Å². The van der Waals surface area contributed by atoms with E-state index in [1.165, 1.54) is 29.2 Å². The Labute approximate surface area is 161 Å². The summed E-state index contributed by atoms with van der Waals surface area (Å²) >= 11 is 0. The molecule has 1 atom stereocenters. The lowest BCUT2D eigenvalue weighted by Crippen LogP contribution is -2.35. The zero-order valence-electron chi connectivity index (χ0n) is 15.2. The van der Waals surface area contributed by atoms with Crippen molar-refractivity contribution in [3.05, 3.63) is 60.2 Å². The first-order valence-corrected chi connectivity index (χ1v) is 9.03. The van der Waals surface area contributed by atoms with Gasteiger partial charge in [-0.3, -0.25) is 19.4 Å². The fraction of sp³-hybridized carbons (Fsp3) is 0.300. The SMILES string of the molecule is O=C(CCNC(=O)[C@H]1CC(=O)N(c2ccc(F)cc2)C1)NCc1ccccn1. The first-order chi connectivity index (χ1) is 13.5. The predicted octanol–water partition coefficient (Wildman–Crippen LogP) is 1.40. The van der Waals surface area contributed by atoms with Gasteiger partial charge in [0.15, 0.2) is 0 Å². The summed E-state index contributed by atoms with van der Waals surface area (Å²) in [5.74, 6) is -1.52. The second-order valence-electron chi connectivity index (χ2n) is 6.52. The molecule has 3 amide bonds. The van der Waals surface area contributed by atoms with Gasteiger partial charge in [0.1, 0.15) is 5.82 Å². The summed E-state index contributed by atoms with van der Waals surface area (Å²) in [6.45, 7) is 0.758. The maximum Gasteiger partial charge on any atom is 0.227 e. The highest BCUT2D eigenvalue weighted by Gasteiger charge is 2.34. The Kier molecular flexibility index (Phi) is 6.31. The summed E-state index contributed by atoms with van der Waals surface area (Å²) in [7, 11) is 0. The van der Waals surface area contributed by atoms with E-state index in [9.17, 15) is 18.8 Å². The van der Waals surface area contributed by atoms with Gasteiger partial charge >= 0.3 is 0 Å². The Morgan fingerprint density at radius 3 is 2.64 bits per heavy atom. The Morgan fingerprint density at radius 1 is 1.14 bits per heavy atom. The lowest BCUT2D eigenvalue weighted by atomic mass is 10.1. The number of pyridine rings is 1. The van der Waals surface area contributed by atoms with Crippen LogP contribution in [0.25, 0.3) is 0 Å². The molecule has 0 bridgehead atoms. The average molecular weight is 384 g/mol. The molecule has 0 saturated carbocycles. The Hall–Kier alpha value is -3.29. The van der Waals surface area contributed by atoms with E-state index in [1.807, 2.05) is 12.1 Å². The largest absolute Gasteiger partial charge is 0.355 e. The van der Waals surface area contributed by atoms with Gasteiger partial charge < -0.3 is 15.5 Å². The number of amides is 3. The molecule has 1 aromatic heterocycles. The lowest BCUT2D eigenvalue weighted by molar-refractivity contribution is -0.126. The summed E-state index contributed by atoms with van der Waals surface area (Å²) < 4.78 is 13.0. The minimum Gasteiger partial charge on any atom is -0.355 e.